The number of hydrogen-bond acceptors (Lipinski definition) is 4. The minimum atomic E-state index is -4.72. The third-order valence-corrected chi connectivity index (χ3v) is 8.73. The number of fused-ring (bicyclic) bond motifs is 1. The van der Waals surface area contributed by atoms with Crippen molar-refractivity contribution in [3.63, 3.8) is 0 Å². The molecule has 2 unspecified atom stereocenters. The molecule has 2 aromatic rings. The Labute approximate surface area is 229 Å². The van der Waals surface area contributed by atoms with E-state index in [0.717, 1.165) is 12.8 Å². The van der Waals surface area contributed by atoms with Crippen LogP contribution in [-0.4, -0.2) is 44.7 Å². The van der Waals surface area contributed by atoms with Gasteiger partial charge >= 0.3 is 12.4 Å². The van der Waals surface area contributed by atoms with Crippen molar-refractivity contribution in [1.29, 1.82) is 0 Å². The first kappa shape index (κ1) is 29.5. The Morgan fingerprint density at radius 1 is 1.07 bits per heavy atom. The molecule has 226 valence electrons. The van der Waals surface area contributed by atoms with Crippen LogP contribution in [0.15, 0.2) is 18.5 Å². The first-order chi connectivity index (χ1) is 19.0. The summed E-state index contributed by atoms with van der Waals surface area (Å²) in [6.07, 6.45) is -8.89. The van der Waals surface area contributed by atoms with E-state index in [-0.39, 0.29) is 30.1 Å². The second-order valence-corrected chi connectivity index (χ2v) is 11.6. The molecule has 0 aliphatic heterocycles. The number of nitrogens with two attached hydrogens (primary N) is 1. The van der Waals surface area contributed by atoms with Crippen molar-refractivity contribution in [3.8, 4) is 0 Å². The van der Waals surface area contributed by atoms with Gasteiger partial charge in [0.25, 0.3) is 0 Å². The average Bonchev–Trinajstić information content (AvgIpc) is 3.77. The van der Waals surface area contributed by atoms with E-state index in [1.807, 2.05) is 0 Å². The van der Waals surface area contributed by atoms with Crippen LogP contribution in [0.5, 0.6) is 0 Å². The lowest BCUT2D eigenvalue weighted by Crippen LogP contribution is -2.40. The number of imidazole rings is 1. The molecule has 4 atom stereocenters. The lowest BCUT2D eigenvalue weighted by molar-refractivity contribution is -0.164. The normalized spacial score (nSPS) is 26.5. The topological polar surface area (TPSA) is 102 Å². The number of rotatable bonds is 9. The Hall–Kier alpha value is -3.00. The zero-order valence-electron chi connectivity index (χ0n) is 21.7. The van der Waals surface area contributed by atoms with Crippen molar-refractivity contribution in [2.45, 2.75) is 88.0 Å². The summed E-state index contributed by atoms with van der Waals surface area (Å²) in [5, 5.41) is 6.88. The smallest absolute Gasteiger partial charge is 0.369 e. The molecule has 0 saturated heterocycles. The Morgan fingerprint density at radius 2 is 1.73 bits per heavy atom. The van der Waals surface area contributed by atoms with Crippen molar-refractivity contribution >= 4 is 17.5 Å². The second kappa shape index (κ2) is 10.1. The van der Waals surface area contributed by atoms with Crippen molar-refractivity contribution in [2.24, 2.45) is 28.9 Å². The van der Waals surface area contributed by atoms with Gasteiger partial charge in [0.05, 0.1) is 41.9 Å². The molecule has 3 aliphatic rings. The highest BCUT2D eigenvalue weighted by Gasteiger charge is 2.74. The third-order valence-electron chi connectivity index (χ3n) is 8.73. The number of nitrogens with zero attached hydrogens (tertiary/aromatic N) is 3. The zero-order valence-corrected chi connectivity index (χ0v) is 21.7. The van der Waals surface area contributed by atoms with Gasteiger partial charge in [-0.2, -0.15) is 31.4 Å². The molecule has 7 nitrogen and oxygen atoms in total. The summed E-state index contributed by atoms with van der Waals surface area (Å²) in [4.78, 5) is 29.3. The van der Waals surface area contributed by atoms with Gasteiger partial charge in [0, 0.05) is 25.2 Å². The van der Waals surface area contributed by atoms with Crippen LogP contribution in [0.1, 0.15) is 81.0 Å². The number of carbonyl (C=O) groups is 2. The highest BCUT2D eigenvalue weighted by molar-refractivity contribution is 5.86. The van der Waals surface area contributed by atoms with Gasteiger partial charge in [-0.25, -0.2) is 18.3 Å². The summed E-state index contributed by atoms with van der Waals surface area (Å²) in [7, 11) is 0. The number of amides is 2. The largest absolute Gasteiger partial charge is 0.392 e. The Morgan fingerprint density at radius 3 is 2.27 bits per heavy atom. The Bertz CT molecular complexity index is 1310. The molecule has 15 heteroatoms. The Balaban J connectivity index is 1.47. The van der Waals surface area contributed by atoms with Crippen LogP contribution in [0.25, 0.3) is 5.65 Å². The van der Waals surface area contributed by atoms with E-state index in [1.54, 1.807) is 0 Å². The van der Waals surface area contributed by atoms with Crippen LogP contribution in [0.3, 0.4) is 0 Å². The van der Waals surface area contributed by atoms with Crippen LogP contribution in [0, 0.1) is 23.2 Å². The standard InChI is InChI=1S/C26H29F8N5O2/c27-23(28)6-3-13(4-7-23)20(24(22(35)41)10-17(24)26(32,33)34)16-12-39-18(37-16)9-15(11-36-39)21(14-1-2-14)38-19(40)5-8-25(29,30)31/h9,11-14,17,20-21H,1-8,10H2,(H2,35,41)(H,38,40)/t17?,20-,21-,24?/m1/s1. The second-order valence-electron chi connectivity index (χ2n) is 11.6. The predicted molar refractivity (Wildman–Crippen MR) is 127 cm³/mol. The van der Waals surface area contributed by atoms with E-state index in [1.165, 1.54) is 23.0 Å². The van der Waals surface area contributed by atoms with Gasteiger partial charge in [-0.3, -0.25) is 9.59 Å². The minimum Gasteiger partial charge on any atom is -0.369 e. The van der Waals surface area contributed by atoms with Gasteiger partial charge in [0.2, 0.25) is 17.7 Å². The first-order valence-electron chi connectivity index (χ1n) is 13.5. The van der Waals surface area contributed by atoms with Crippen LogP contribution in [0.4, 0.5) is 35.1 Å². The molecule has 0 spiro atoms. The van der Waals surface area contributed by atoms with E-state index in [9.17, 15) is 44.7 Å². The number of alkyl halides is 8. The molecule has 5 rings (SSSR count). The van der Waals surface area contributed by atoms with Gasteiger partial charge in [-0.15, -0.1) is 0 Å². The van der Waals surface area contributed by atoms with E-state index >= 15 is 0 Å². The minimum absolute atomic E-state index is 0.0303. The quantitative estimate of drug-likeness (QED) is 0.369. The fourth-order valence-corrected chi connectivity index (χ4v) is 6.41. The number of hydrogen-bond donors (Lipinski definition) is 2. The number of halogens is 8. The summed E-state index contributed by atoms with van der Waals surface area (Å²) in [5.74, 6) is -8.83. The molecule has 3 saturated carbocycles. The highest BCUT2D eigenvalue weighted by Crippen LogP contribution is 2.69. The number of primary amides is 1. The predicted octanol–water partition coefficient (Wildman–Crippen LogP) is 5.60. The third kappa shape index (κ3) is 6.13. The maximum absolute atomic E-state index is 13.9. The molecular formula is C26H29F8N5O2. The van der Waals surface area contributed by atoms with Crippen molar-refractivity contribution < 1.29 is 44.7 Å². The maximum Gasteiger partial charge on any atom is 0.392 e. The van der Waals surface area contributed by atoms with Gasteiger partial charge in [0.15, 0.2) is 5.65 Å². The van der Waals surface area contributed by atoms with Gasteiger partial charge in [-0.1, -0.05) is 0 Å². The van der Waals surface area contributed by atoms with Crippen molar-refractivity contribution in [2.75, 3.05) is 0 Å². The van der Waals surface area contributed by atoms with Gasteiger partial charge in [0.1, 0.15) is 0 Å². The SMILES string of the molecule is NC(=O)C1([C@@H](c2cn3ncc([C@H](NC(=O)CCC(F)(F)F)C4CC4)cc3n2)C2CCC(F)(F)CC2)CC1C(F)(F)F. The molecule has 2 heterocycles. The molecule has 3 aliphatic carbocycles. The number of nitrogens with one attached hydrogen (secondary N) is 1. The molecule has 3 fully saturated rings. The summed E-state index contributed by atoms with van der Waals surface area (Å²) < 4.78 is 108. The summed E-state index contributed by atoms with van der Waals surface area (Å²) in [6.45, 7) is 0. The van der Waals surface area contributed by atoms with Gasteiger partial charge < -0.3 is 11.1 Å². The monoisotopic (exact) mass is 595 g/mol. The molecule has 0 radical (unpaired) electrons. The van der Waals surface area contributed by atoms with Crippen molar-refractivity contribution in [1.82, 2.24) is 19.9 Å². The zero-order chi connectivity index (χ0) is 30.0. The Kier molecular flexibility index (Phi) is 7.24. The molecule has 3 N–H and O–H groups in total. The van der Waals surface area contributed by atoms with Crippen LogP contribution in [0.2, 0.25) is 0 Å². The van der Waals surface area contributed by atoms with E-state index in [4.69, 9.17) is 5.73 Å². The molecule has 2 aromatic heterocycles. The van der Waals surface area contributed by atoms with E-state index < -0.39 is 91.4 Å². The van der Waals surface area contributed by atoms with Crippen LogP contribution in [-0.2, 0) is 9.59 Å². The van der Waals surface area contributed by atoms with Crippen LogP contribution < -0.4 is 11.1 Å². The molecular weight excluding hydrogens is 566 g/mol. The molecule has 0 aromatic carbocycles. The van der Waals surface area contributed by atoms with E-state index in [0.29, 0.717) is 5.56 Å². The maximum atomic E-state index is 13.9. The first-order valence-corrected chi connectivity index (χ1v) is 13.5. The van der Waals surface area contributed by atoms with Crippen molar-refractivity contribution in [3.05, 3.63) is 29.7 Å². The van der Waals surface area contributed by atoms with E-state index in [2.05, 4.69) is 15.4 Å². The number of carbonyl (C=O) groups excluding carboxylic acids is 2. The summed E-state index contributed by atoms with van der Waals surface area (Å²) in [5.41, 5.74) is 4.24. The summed E-state index contributed by atoms with van der Waals surface area (Å²) in [6, 6.07) is 0.889. The molecule has 0 bridgehead atoms. The fourth-order valence-electron chi connectivity index (χ4n) is 6.41. The summed E-state index contributed by atoms with van der Waals surface area (Å²) >= 11 is 0. The number of aromatic nitrogens is 3. The highest BCUT2D eigenvalue weighted by atomic mass is 19.4. The lowest BCUT2D eigenvalue weighted by Gasteiger charge is -2.37. The molecule has 2 amide bonds. The van der Waals surface area contributed by atoms with Gasteiger partial charge in [-0.05, 0) is 55.6 Å². The lowest BCUT2D eigenvalue weighted by atomic mass is 9.69. The van der Waals surface area contributed by atoms with Crippen LogP contribution >= 0.6 is 0 Å². The fraction of sp³-hybridized carbons (Fsp3) is 0.692. The molecule has 41 heavy (non-hydrogen) atoms. The average molecular weight is 596 g/mol.